The molecular weight excluding hydrogens is 254 g/mol. The molecule has 0 radical (unpaired) electrons. The lowest BCUT2D eigenvalue weighted by atomic mass is 10.1. The Morgan fingerprint density at radius 1 is 1.61 bits per heavy atom. The number of benzene rings is 1. The number of nitro benzene ring substituents is 1. The minimum Gasteiger partial charge on any atom is -0.397 e. The lowest BCUT2D eigenvalue weighted by Crippen LogP contribution is -2.36. The molecule has 0 saturated carbocycles. The molecule has 1 rings (SSSR count). The molecule has 1 unspecified atom stereocenters. The van der Waals surface area contributed by atoms with E-state index in [9.17, 15) is 15.2 Å². The summed E-state index contributed by atoms with van der Waals surface area (Å²) >= 11 is 1.54. The first-order valence-electron chi connectivity index (χ1n) is 5.35. The van der Waals surface area contributed by atoms with Crippen molar-refractivity contribution in [3.05, 3.63) is 28.3 Å². The number of hydrogen-bond donors (Lipinski definition) is 3. The average Bonchev–Trinajstić information content (AvgIpc) is 2.27. The van der Waals surface area contributed by atoms with Gasteiger partial charge in [0.1, 0.15) is 0 Å². The molecule has 0 aliphatic carbocycles. The molecule has 1 atom stereocenters. The number of nitrogens with two attached hydrogens (primary N) is 1. The Labute approximate surface area is 110 Å². The Hall–Kier alpha value is -1.47. The second-order valence-corrected chi connectivity index (χ2v) is 5.18. The number of nitro groups is 1. The Morgan fingerprint density at radius 2 is 2.28 bits per heavy atom. The summed E-state index contributed by atoms with van der Waals surface area (Å²) in [4.78, 5) is 10.1. The van der Waals surface area contributed by atoms with E-state index in [0.29, 0.717) is 23.7 Å². The van der Waals surface area contributed by atoms with Crippen LogP contribution in [0.5, 0.6) is 0 Å². The molecule has 1 aromatic carbocycles. The maximum Gasteiger partial charge on any atom is 0.271 e. The molecule has 0 spiro atoms. The van der Waals surface area contributed by atoms with E-state index in [1.54, 1.807) is 24.8 Å². The molecule has 4 N–H and O–H groups in total. The Bertz CT molecular complexity index is 438. The fourth-order valence-electron chi connectivity index (χ4n) is 1.47. The number of nitrogens with one attached hydrogen (secondary N) is 1. The summed E-state index contributed by atoms with van der Waals surface area (Å²) in [5, 5.41) is 23.5. The molecule has 0 heterocycles. The van der Waals surface area contributed by atoms with Crippen LogP contribution in [0.2, 0.25) is 0 Å². The van der Waals surface area contributed by atoms with Gasteiger partial charge in [0.15, 0.2) is 0 Å². The highest BCUT2D eigenvalue weighted by molar-refractivity contribution is 7.98. The summed E-state index contributed by atoms with van der Waals surface area (Å²) in [5.41, 5.74) is 5.69. The third kappa shape index (κ3) is 4.08. The number of aliphatic hydroxyl groups is 1. The first kappa shape index (κ1) is 14.6. The molecule has 100 valence electrons. The van der Waals surface area contributed by atoms with Gasteiger partial charge >= 0.3 is 0 Å². The highest BCUT2D eigenvalue weighted by Crippen LogP contribution is 2.24. The summed E-state index contributed by atoms with van der Waals surface area (Å²) in [6.07, 6.45) is 1.91. The summed E-state index contributed by atoms with van der Waals surface area (Å²) < 4.78 is 0. The largest absolute Gasteiger partial charge is 0.397 e. The standard InChI is InChI=1S/C11H17N3O3S/c1-11(15,7-18-2)6-13-10-4-3-8(14(16)17)5-9(10)12/h3-5,13,15H,6-7,12H2,1-2H3. The predicted octanol–water partition coefficient (Wildman–Crippen LogP) is 1.70. The third-order valence-corrected chi connectivity index (χ3v) is 3.27. The van der Waals surface area contributed by atoms with Gasteiger partial charge in [-0.1, -0.05) is 0 Å². The van der Waals surface area contributed by atoms with Crippen molar-refractivity contribution >= 4 is 28.8 Å². The maximum atomic E-state index is 10.6. The minimum atomic E-state index is -0.854. The Morgan fingerprint density at radius 3 is 2.78 bits per heavy atom. The predicted molar refractivity (Wildman–Crippen MR) is 75.0 cm³/mol. The Kier molecular flexibility index (Phi) is 4.80. The van der Waals surface area contributed by atoms with Crippen LogP contribution in [0, 0.1) is 10.1 Å². The Balaban J connectivity index is 2.71. The summed E-state index contributed by atoms with van der Waals surface area (Å²) in [5.74, 6) is 0.590. The molecule has 0 fully saturated rings. The van der Waals surface area contributed by atoms with Crippen LogP contribution in [-0.2, 0) is 0 Å². The molecule has 0 saturated heterocycles. The molecular formula is C11H17N3O3S. The van der Waals surface area contributed by atoms with E-state index < -0.39 is 10.5 Å². The topological polar surface area (TPSA) is 101 Å². The lowest BCUT2D eigenvalue weighted by molar-refractivity contribution is -0.384. The van der Waals surface area contributed by atoms with Crippen molar-refractivity contribution in [2.75, 3.05) is 29.6 Å². The van der Waals surface area contributed by atoms with Crippen molar-refractivity contribution in [2.45, 2.75) is 12.5 Å². The van der Waals surface area contributed by atoms with Crippen LogP contribution < -0.4 is 11.1 Å². The van der Waals surface area contributed by atoms with Crippen molar-refractivity contribution in [3.63, 3.8) is 0 Å². The van der Waals surface area contributed by atoms with Crippen LogP contribution in [0.15, 0.2) is 18.2 Å². The van der Waals surface area contributed by atoms with Crippen LogP contribution in [0.4, 0.5) is 17.1 Å². The van der Waals surface area contributed by atoms with Crippen molar-refractivity contribution in [3.8, 4) is 0 Å². The highest BCUT2D eigenvalue weighted by Gasteiger charge is 2.19. The molecule has 6 nitrogen and oxygen atoms in total. The van der Waals surface area contributed by atoms with Gasteiger partial charge in [-0.3, -0.25) is 10.1 Å². The molecule has 0 aromatic heterocycles. The van der Waals surface area contributed by atoms with Crippen molar-refractivity contribution in [1.29, 1.82) is 0 Å². The minimum absolute atomic E-state index is 0.0473. The average molecular weight is 271 g/mol. The lowest BCUT2D eigenvalue weighted by Gasteiger charge is -2.23. The monoisotopic (exact) mass is 271 g/mol. The number of hydrogen-bond acceptors (Lipinski definition) is 6. The van der Waals surface area contributed by atoms with Gasteiger partial charge < -0.3 is 16.2 Å². The van der Waals surface area contributed by atoms with Gasteiger partial charge in [-0.25, -0.2) is 0 Å². The van der Waals surface area contributed by atoms with E-state index in [1.165, 1.54) is 12.1 Å². The molecule has 0 bridgehead atoms. The summed E-state index contributed by atoms with van der Waals surface area (Å²) in [7, 11) is 0. The molecule has 18 heavy (non-hydrogen) atoms. The van der Waals surface area contributed by atoms with Gasteiger partial charge in [-0.05, 0) is 19.2 Å². The maximum absolute atomic E-state index is 10.6. The first-order valence-corrected chi connectivity index (χ1v) is 6.74. The van der Waals surface area contributed by atoms with E-state index in [4.69, 9.17) is 5.73 Å². The number of non-ortho nitro benzene ring substituents is 1. The first-order chi connectivity index (χ1) is 8.35. The zero-order valence-corrected chi connectivity index (χ0v) is 11.2. The molecule has 0 amide bonds. The van der Waals surface area contributed by atoms with Gasteiger partial charge in [0.25, 0.3) is 5.69 Å². The van der Waals surface area contributed by atoms with E-state index in [1.807, 2.05) is 6.26 Å². The molecule has 7 heteroatoms. The normalized spacial score (nSPS) is 13.9. The van der Waals surface area contributed by atoms with Gasteiger partial charge in [0, 0.05) is 24.4 Å². The SMILES string of the molecule is CSCC(C)(O)CNc1ccc([N+](=O)[O-])cc1N. The number of thioether (sulfide) groups is 1. The molecule has 0 aliphatic rings. The second-order valence-electron chi connectivity index (χ2n) is 4.31. The van der Waals surface area contributed by atoms with Crippen LogP contribution in [-0.4, -0.2) is 34.2 Å². The zero-order valence-electron chi connectivity index (χ0n) is 10.3. The van der Waals surface area contributed by atoms with Crippen LogP contribution in [0.25, 0.3) is 0 Å². The number of nitrogens with zero attached hydrogens (tertiary/aromatic N) is 1. The van der Waals surface area contributed by atoms with Crippen molar-refractivity contribution in [1.82, 2.24) is 0 Å². The third-order valence-electron chi connectivity index (χ3n) is 2.36. The quantitative estimate of drug-likeness (QED) is 0.413. The molecule has 1 aromatic rings. The smallest absolute Gasteiger partial charge is 0.271 e. The number of rotatable bonds is 6. The molecule has 0 aliphatic heterocycles. The van der Waals surface area contributed by atoms with Crippen molar-refractivity contribution in [2.24, 2.45) is 0 Å². The van der Waals surface area contributed by atoms with Crippen LogP contribution in [0.3, 0.4) is 0 Å². The summed E-state index contributed by atoms with van der Waals surface area (Å²) in [6, 6.07) is 4.22. The van der Waals surface area contributed by atoms with Crippen LogP contribution in [0.1, 0.15) is 6.92 Å². The number of anilines is 2. The number of nitrogen functional groups attached to an aromatic ring is 1. The van der Waals surface area contributed by atoms with E-state index in [2.05, 4.69) is 5.32 Å². The van der Waals surface area contributed by atoms with Gasteiger partial charge in [-0.15, -0.1) is 0 Å². The summed E-state index contributed by atoms with van der Waals surface area (Å²) in [6.45, 7) is 2.05. The van der Waals surface area contributed by atoms with E-state index in [0.717, 1.165) is 0 Å². The van der Waals surface area contributed by atoms with E-state index in [-0.39, 0.29) is 5.69 Å². The zero-order chi connectivity index (χ0) is 13.8. The van der Waals surface area contributed by atoms with E-state index >= 15 is 0 Å². The van der Waals surface area contributed by atoms with Gasteiger partial charge in [0.2, 0.25) is 0 Å². The second kappa shape index (κ2) is 5.92. The van der Waals surface area contributed by atoms with Gasteiger partial charge in [0.05, 0.1) is 21.9 Å². The van der Waals surface area contributed by atoms with Gasteiger partial charge in [-0.2, -0.15) is 11.8 Å². The highest BCUT2D eigenvalue weighted by atomic mass is 32.2. The van der Waals surface area contributed by atoms with Crippen LogP contribution >= 0.6 is 11.8 Å². The van der Waals surface area contributed by atoms with Crippen molar-refractivity contribution < 1.29 is 10.0 Å². The fraction of sp³-hybridized carbons (Fsp3) is 0.455. The fourth-order valence-corrected chi connectivity index (χ4v) is 2.20.